The van der Waals surface area contributed by atoms with Crippen LogP contribution in [0, 0.1) is 11.3 Å². The molecular weight excluding hydrogens is 256 g/mol. The molecule has 1 amide bonds. The number of nitriles is 1. The van der Waals surface area contributed by atoms with E-state index in [1.807, 2.05) is 18.2 Å². The van der Waals surface area contributed by atoms with Gasteiger partial charge in [0.25, 0.3) is 5.91 Å². The number of nitrogens with zero attached hydrogens (tertiary/aromatic N) is 2. The molecule has 20 heavy (non-hydrogen) atoms. The summed E-state index contributed by atoms with van der Waals surface area (Å²) in [6.45, 7) is 0.822. The minimum absolute atomic E-state index is 0.147. The minimum atomic E-state index is -0.654. The Morgan fingerprint density at radius 3 is 2.90 bits per heavy atom. The molecule has 0 spiro atoms. The molecule has 5 nitrogen and oxygen atoms in total. The number of carbonyl (C=O) groups excluding carboxylic acids is 1. The van der Waals surface area contributed by atoms with Crippen LogP contribution in [-0.2, 0) is 4.79 Å². The van der Waals surface area contributed by atoms with Crippen LogP contribution >= 0.6 is 0 Å². The first-order chi connectivity index (χ1) is 9.79. The van der Waals surface area contributed by atoms with Crippen molar-refractivity contribution in [1.82, 2.24) is 4.90 Å². The summed E-state index contributed by atoms with van der Waals surface area (Å²) in [5, 5.41) is 9.15. The number of fused-ring (bicyclic) bond motifs is 1. The van der Waals surface area contributed by atoms with Crippen molar-refractivity contribution in [2.45, 2.75) is 31.4 Å². The van der Waals surface area contributed by atoms with Crippen molar-refractivity contribution in [2.24, 2.45) is 0 Å². The zero-order valence-electron chi connectivity index (χ0n) is 11.1. The summed E-state index contributed by atoms with van der Waals surface area (Å²) in [4.78, 5) is 14.1. The standard InChI is InChI=1S/C15H16N2O3/c16-9-11-5-3-4-8-17(11)15(18)14-10-19-12-6-1-2-7-13(12)20-14/h1-2,6-7,11,14H,3-5,8,10H2. The monoisotopic (exact) mass is 272 g/mol. The molecule has 1 aromatic rings. The average molecular weight is 272 g/mol. The molecule has 104 valence electrons. The highest BCUT2D eigenvalue weighted by molar-refractivity contribution is 5.82. The van der Waals surface area contributed by atoms with Gasteiger partial charge in [0.1, 0.15) is 12.6 Å². The van der Waals surface area contributed by atoms with Gasteiger partial charge < -0.3 is 14.4 Å². The van der Waals surface area contributed by atoms with Gasteiger partial charge in [-0.25, -0.2) is 0 Å². The van der Waals surface area contributed by atoms with E-state index in [2.05, 4.69) is 6.07 Å². The lowest BCUT2D eigenvalue weighted by atomic mass is 10.0. The Kier molecular flexibility index (Phi) is 3.46. The van der Waals surface area contributed by atoms with Crippen LogP contribution in [0.1, 0.15) is 19.3 Å². The fourth-order valence-electron chi connectivity index (χ4n) is 2.66. The molecular formula is C15H16N2O3. The zero-order valence-corrected chi connectivity index (χ0v) is 11.1. The van der Waals surface area contributed by atoms with E-state index in [0.717, 1.165) is 19.3 Å². The third-order valence-corrected chi connectivity index (χ3v) is 3.72. The number of hydrogen-bond donors (Lipinski definition) is 0. The molecule has 0 saturated carbocycles. The van der Waals surface area contributed by atoms with Gasteiger partial charge in [0.2, 0.25) is 6.10 Å². The number of benzene rings is 1. The summed E-state index contributed by atoms with van der Waals surface area (Å²) < 4.78 is 11.3. The maximum Gasteiger partial charge on any atom is 0.268 e. The van der Waals surface area contributed by atoms with Crippen LogP contribution in [0.5, 0.6) is 11.5 Å². The summed E-state index contributed by atoms with van der Waals surface area (Å²) in [5.74, 6) is 1.10. The van der Waals surface area contributed by atoms with E-state index in [1.54, 1.807) is 11.0 Å². The molecule has 0 radical (unpaired) electrons. The van der Waals surface area contributed by atoms with Gasteiger partial charge in [-0.15, -0.1) is 0 Å². The number of piperidine rings is 1. The summed E-state index contributed by atoms with van der Waals surface area (Å²) in [6, 6.07) is 9.17. The van der Waals surface area contributed by atoms with Crippen LogP contribution in [-0.4, -0.2) is 36.1 Å². The van der Waals surface area contributed by atoms with Crippen molar-refractivity contribution in [3.63, 3.8) is 0 Å². The van der Waals surface area contributed by atoms with E-state index in [4.69, 9.17) is 14.7 Å². The van der Waals surface area contributed by atoms with Crippen LogP contribution in [0.3, 0.4) is 0 Å². The van der Waals surface area contributed by atoms with Crippen molar-refractivity contribution in [3.8, 4) is 17.6 Å². The Morgan fingerprint density at radius 1 is 1.30 bits per heavy atom. The Bertz CT molecular complexity index is 552. The molecule has 0 aliphatic carbocycles. The average Bonchev–Trinajstić information content (AvgIpc) is 2.53. The van der Waals surface area contributed by atoms with Crippen LogP contribution in [0.2, 0.25) is 0 Å². The second-order valence-electron chi connectivity index (χ2n) is 5.04. The molecule has 1 fully saturated rings. The molecule has 0 aromatic heterocycles. The summed E-state index contributed by atoms with van der Waals surface area (Å²) >= 11 is 0. The highest BCUT2D eigenvalue weighted by atomic mass is 16.6. The number of ether oxygens (including phenoxy) is 2. The van der Waals surface area contributed by atoms with Crippen molar-refractivity contribution in [2.75, 3.05) is 13.2 Å². The molecule has 5 heteroatoms. The Balaban J connectivity index is 1.74. The largest absolute Gasteiger partial charge is 0.485 e. The Hall–Kier alpha value is -2.22. The first-order valence-electron chi connectivity index (χ1n) is 6.88. The van der Waals surface area contributed by atoms with Gasteiger partial charge >= 0.3 is 0 Å². The molecule has 0 N–H and O–H groups in total. The van der Waals surface area contributed by atoms with E-state index in [-0.39, 0.29) is 18.6 Å². The van der Waals surface area contributed by atoms with Gasteiger partial charge in [-0.1, -0.05) is 12.1 Å². The van der Waals surface area contributed by atoms with Gasteiger partial charge in [-0.2, -0.15) is 5.26 Å². The molecule has 1 saturated heterocycles. The van der Waals surface area contributed by atoms with Gasteiger partial charge in [-0.05, 0) is 31.4 Å². The van der Waals surface area contributed by atoms with Crippen molar-refractivity contribution < 1.29 is 14.3 Å². The molecule has 2 atom stereocenters. The number of amides is 1. The smallest absolute Gasteiger partial charge is 0.268 e. The number of hydrogen-bond acceptors (Lipinski definition) is 4. The first-order valence-corrected chi connectivity index (χ1v) is 6.88. The predicted octanol–water partition coefficient (Wildman–Crippen LogP) is 1.73. The van der Waals surface area contributed by atoms with Crippen LogP contribution in [0.4, 0.5) is 0 Å². The molecule has 3 rings (SSSR count). The van der Waals surface area contributed by atoms with E-state index >= 15 is 0 Å². The molecule has 2 aliphatic rings. The fourth-order valence-corrected chi connectivity index (χ4v) is 2.66. The fraction of sp³-hybridized carbons (Fsp3) is 0.467. The quantitative estimate of drug-likeness (QED) is 0.781. The second kappa shape index (κ2) is 5.41. The van der Waals surface area contributed by atoms with Gasteiger partial charge in [0.05, 0.1) is 6.07 Å². The summed E-state index contributed by atoms with van der Waals surface area (Å²) in [6.07, 6.45) is 2.02. The topological polar surface area (TPSA) is 62.6 Å². The third-order valence-electron chi connectivity index (χ3n) is 3.72. The molecule has 1 aromatic carbocycles. The van der Waals surface area contributed by atoms with Crippen LogP contribution in [0.25, 0.3) is 0 Å². The van der Waals surface area contributed by atoms with E-state index in [1.165, 1.54) is 0 Å². The number of rotatable bonds is 1. The Morgan fingerprint density at radius 2 is 2.10 bits per heavy atom. The number of likely N-dealkylation sites (tertiary alicyclic amines) is 1. The maximum atomic E-state index is 12.5. The van der Waals surface area contributed by atoms with Crippen LogP contribution in [0.15, 0.2) is 24.3 Å². The van der Waals surface area contributed by atoms with Crippen molar-refractivity contribution >= 4 is 5.91 Å². The third kappa shape index (κ3) is 2.29. The van der Waals surface area contributed by atoms with Crippen LogP contribution < -0.4 is 9.47 Å². The van der Waals surface area contributed by atoms with E-state index in [9.17, 15) is 4.79 Å². The normalized spacial score (nSPS) is 24.9. The molecule has 0 bridgehead atoms. The Labute approximate surface area is 117 Å². The van der Waals surface area contributed by atoms with Crippen molar-refractivity contribution in [3.05, 3.63) is 24.3 Å². The summed E-state index contributed by atoms with van der Waals surface area (Å²) in [5.41, 5.74) is 0. The highest BCUT2D eigenvalue weighted by Crippen LogP contribution is 2.31. The molecule has 2 aliphatic heterocycles. The van der Waals surface area contributed by atoms with Gasteiger partial charge in [0.15, 0.2) is 11.5 Å². The van der Waals surface area contributed by atoms with Crippen molar-refractivity contribution in [1.29, 1.82) is 5.26 Å². The zero-order chi connectivity index (χ0) is 13.9. The van der Waals surface area contributed by atoms with E-state index < -0.39 is 6.10 Å². The van der Waals surface area contributed by atoms with Gasteiger partial charge in [0, 0.05) is 6.54 Å². The number of carbonyl (C=O) groups is 1. The highest BCUT2D eigenvalue weighted by Gasteiger charge is 2.35. The minimum Gasteiger partial charge on any atom is -0.485 e. The van der Waals surface area contributed by atoms with E-state index in [0.29, 0.717) is 18.0 Å². The summed E-state index contributed by atoms with van der Waals surface area (Å²) in [7, 11) is 0. The SMILES string of the molecule is N#CC1CCCCN1C(=O)C1COc2ccccc2O1. The maximum absolute atomic E-state index is 12.5. The lowest BCUT2D eigenvalue weighted by Crippen LogP contribution is -2.51. The van der Waals surface area contributed by atoms with Gasteiger partial charge in [-0.3, -0.25) is 4.79 Å². The lowest BCUT2D eigenvalue weighted by Gasteiger charge is -2.35. The predicted molar refractivity (Wildman–Crippen MR) is 71.3 cm³/mol. The second-order valence-corrected chi connectivity index (χ2v) is 5.04. The molecule has 2 heterocycles. The lowest BCUT2D eigenvalue weighted by molar-refractivity contribution is -0.143. The number of para-hydroxylation sites is 2. The first kappa shape index (κ1) is 12.8. The molecule has 2 unspecified atom stereocenters.